The average molecular weight is 210 g/mol. The highest BCUT2D eigenvalue weighted by Gasteiger charge is 2.13. The maximum atomic E-state index is 11.3. The summed E-state index contributed by atoms with van der Waals surface area (Å²) >= 11 is 0. The van der Waals surface area contributed by atoms with Crippen LogP contribution in [0.4, 0.5) is 0 Å². The fourth-order valence-electron chi connectivity index (χ4n) is 0.946. The second kappa shape index (κ2) is 6.98. The van der Waals surface area contributed by atoms with E-state index < -0.39 is 0 Å². The van der Waals surface area contributed by atoms with E-state index in [9.17, 15) is 9.59 Å². The molecule has 0 bridgehead atoms. The van der Waals surface area contributed by atoms with E-state index in [4.69, 9.17) is 4.74 Å². The van der Waals surface area contributed by atoms with Crippen LogP contribution in [0.25, 0.3) is 0 Å². The van der Waals surface area contributed by atoms with E-state index in [1.807, 2.05) is 0 Å². The molecule has 0 aliphatic heterocycles. The molecule has 84 valence electrons. The molecule has 0 heterocycles. The Morgan fingerprint density at radius 1 is 1.47 bits per heavy atom. The molecule has 0 saturated heterocycles. The standard InChI is InChI=1S/C12H18O3/c1-5-6-10(4)12(14)15-8-7-11(13)9(2)3/h5,10H,1-2,6-8H2,3-4H3. The van der Waals surface area contributed by atoms with Crippen molar-refractivity contribution in [3.63, 3.8) is 0 Å². The number of carbonyl (C=O) groups is 2. The first-order chi connectivity index (χ1) is 6.99. The van der Waals surface area contributed by atoms with Crippen LogP contribution in [0.2, 0.25) is 0 Å². The second-order valence-corrected chi connectivity index (χ2v) is 3.55. The summed E-state index contributed by atoms with van der Waals surface area (Å²) in [5, 5.41) is 0. The first-order valence-electron chi connectivity index (χ1n) is 4.95. The van der Waals surface area contributed by atoms with Crippen LogP contribution in [0.3, 0.4) is 0 Å². The topological polar surface area (TPSA) is 43.4 Å². The molecular weight excluding hydrogens is 192 g/mol. The van der Waals surface area contributed by atoms with Gasteiger partial charge in [0.1, 0.15) is 0 Å². The molecule has 0 aromatic rings. The zero-order valence-corrected chi connectivity index (χ0v) is 9.41. The van der Waals surface area contributed by atoms with E-state index in [0.29, 0.717) is 12.0 Å². The zero-order valence-electron chi connectivity index (χ0n) is 9.41. The number of rotatable bonds is 7. The van der Waals surface area contributed by atoms with Crippen molar-refractivity contribution in [2.75, 3.05) is 6.61 Å². The highest BCUT2D eigenvalue weighted by atomic mass is 16.5. The number of carbonyl (C=O) groups excluding carboxylic acids is 2. The van der Waals surface area contributed by atoms with Gasteiger partial charge in [-0.05, 0) is 18.9 Å². The third-order valence-corrected chi connectivity index (χ3v) is 1.97. The van der Waals surface area contributed by atoms with Crippen LogP contribution in [0, 0.1) is 5.92 Å². The van der Waals surface area contributed by atoms with Crippen LogP contribution in [-0.2, 0) is 14.3 Å². The summed E-state index contributed by atoms with van der Waals surface area (Å²) < 4.78 is 4.93. The van der Waals surface area contributed by atoms with Crippen molar-refractivity contribution in [3.05, 3.63) is 24.8 Å². The van der Waals surface area contributed by atoms with Crippen LogP contribution in [0.1, 0.15) is 26.7 Å². The van der Waals surface area contributed by atoms with Gasteiger partial charge in [0, 0.05) is 6.42 Å². The Hall–Kier alpha value is -1.38. The fourth-order valence-corrected chi connectivity index (χ4v) is 0.946. The number of hydrogen-bond donors (Lipinski definition) is 0. The quantitative estimate of drug-likeness (QED) is 0.368. The van der Waals surface area contributed by atoms with Crippen molar-refractivity contribution < 1.29 is 14.3 Å². The number of Topliss-reactive ketones (excluding diaryl/α,β-unsaturated/α-hetero) is 1. The number of ketones is 1. The normalized spacial score (nSPS) is 11.6. The Bertz CT molecular complexity index is 266. The summed E-state index contributed by atoms with van der Waals surface area (Å²) in [6.45, 7) is 10.6. The lowest BCUT2D eigenvalue weighted by molar-refractivity contribution is -0.148. The van der Waals surface area contributed by atoms with Gasteiger partial charge < -0.3 is 4.74 Å². The van der Waals surface area contributed by atoms with Crippen LogP contribution in [0.5, 0.6) is 0 Å². The minimum atomic E-state index is -0.288. The monoisotopic (exact) mass is 210 g/mol. The molecule has 0 amide bonds. The molecule has 0 aromatic heterocycles. The van der Waals surface area contributed by atoms with Gasteiger partial charge in [-0.2, -0.15) is 0 Å². The van der Waals surface area contributed by atoms with Gasteiger partial charge in [-0.1, -0.05) is 19.6 Å². The third kappa shape index (κ3) is 5.83. The van der Waals surface area contributed by atoms with Gasteiger partial charge in [-0.15, -0.1) is 6.58 Å². The van der Waals surface area contributed by atoms with E-state index in [2.05, 4.69) is 13.2 Å². The van der Waals surface area contributed by atoms with Gasteiger partial charge >= 0.3 is 5.97 Å². The zero-order chi connectivity index (χ0) is 11.8. The van der Waals surface area contributed by atoms with Crippen LogP contribution < -0.4 is 0 Å². The van der Waals surface area contributed by atoms with Crippen molar-refractivity contribution in [3.8, 4) is 0 Å². The molecule has 0 spiro atoms. The summed E-state index contributed by atoms with van der Waals surface area (Å²) in [6, 6.07) is 0. The summed E-state index contributed by atoms with van der Waals surface area (Å²) in [5.74, 6) is -0.550. The van der Waals surface area contributed by atoms with Crippen molar-refractivity contribution >= 4 is 11.8 Å². The van der Waals surface area contributed by atoms with E-state index in [-0.39, 0.29) is 30.7 Å². The van der Waals surface area contributed by atoms with Crippen molar-refractivity contribution in [1.29, 1.82) is 0 Å². The van der Waals surface area contributed by atoms with E-state index in [0.717, 1.165) is 0 Å². The van der Waals surface area contributed by atoms with Crippen molar-refractivity contribution in [2.24, 2.45) is 5.92 Å². The summed E-state index contributed by atoms with van der Waals surface area (Å²) in [6.07, 6.45) is 2.47. The Morgan fingerprint density at radius 2 is 2.07 bits per heavy atom. The smallest absolute Gasteiger partial charge is 0.308 e. The summed E-state index contributed by atoms with van der Waals surface area (Å²) in [5.41, 5.74) is 0.491. The molecule has 3 heteroatoms. The summed E-state index contributed by atoms with van der Waals surface area (Å²) in [4.78, 5) is 22.4. The molecule has 0 aliphatic rings. The molecule has 0 N–H and O–H groups in total. The molecule has 15 heavy (non-hydrogen) atoms. The molecule has 0 saturated carbocycles. The molecule has 1 unspecified atom stereocenters. The highest BCUT2D eigenvalue weighted by Crippen LogP contribution is 2.05. The van der Waals surface area contributed by atoms with Crippen LogP contribution in [-0.4, -0.2) is 18.4 Å². The predicted octanol–water partition coefficient (Wildman–Crippen LogP) is 2.28. The number of allylic oxidation sites excluding steroid dienone is 2. The summed E-state index contributed by atoms with van der Waals surface area (Å²) in [7, 11) is 0. The van der Waals surface area contributed by atoms with Gasteiger partial charge in [0.05, 0.1) is 12.5 Å². The number of hydrogen-bond acceptors (Lipinski definition) is 3. The first-order valence-corrected chi connectivity index (χ1v) is 4.95. The molecule has 0 aliphatic carbocycles. The molecule has 0 radical (unpaired) electrons. The molecule has 0 rings (SSSR count). The van der Waals surface area contributed by atoms with Crippen LogP contribution in [0.15, 0.2) is 24.8 Å². The van der Waals surface area contributed by atoms with Gasteiger partial charge in [-0.25, -0.2) is 0 Å². The lowest BCUT2D eigenvalue weighted by Crippen LogP contribution is -2.16. The first kappa shape index (κ1) is 13.6. The SMILES string of the molecule is C=CCC(C)C(=O)OCCC(=O)C(=C)C. The van der Waals surface area contributed by atoms with E-state index >= 15 is 0 Å². The molecule has 0 aromatic carbocycles. The average Bonchev–Trinajstić information content (AvgIpc) is 2.17. The largest absolute Gasteiger partial charge is 0.465 e. The lowest BCUT2D eigenvalue weighted by Gasteiger charge is -2.08. The Labute approximate surface area is 90.8 Å². The van der Waals surface area contributed by atoms with Crippen LogP contribution >= 0.6 is 0 Å². The van der Waals surface area contributed by atoms with E-state index in [1.54, 1.807) is 19.9 Å². The fraction of sp³-hybridized carbons (Fsp3) is 0.500. The number of ether oxygens (including phenoxy) is 1. The highest BCUT2D eigenvalue weighted by molar-refractivity contribution is 5.94. The Kier molecular flexibility index (Phi) is 6.34. The number of esters is 1. The molecular formula is C12H18O3. The minimum absolute atomic E-state index is 0.0702. The third-order valence-electron chi connectivity index (χ3n) is 1.97. The molecule has 3 nitrogen and oxygen atoms in total. The lowest BCUT2D eigenvalue weighted by atomic mass is 10.1. The van der Waals surface area contributed by atoms with Gasteiger partial charge in [0.25, 0.3) is 0 Å². The Balaban J connectivity index is 3.77. The predicted molar refractivity (Wildman–Crippen MR) is 59.4 cm³/mol. The second-order valence-electron chi connectivity index (χ2n) is 3.55. The minimum Gasteiger partial charge on any atom is -0.465 e. The molecule has 1 atom stereocenters. The Morgan fingerprint density at radius 3 is 2.53 bits per heavy atom. The van der Waals surface area contributed by atoms with E-state index in [1.165, 1.54) is 0 Å². The van der Waals surface area contributed by atoms with Crippen molar-refractivity contribution in [1.82, 2.24) is 0 Å². The van der Waals surface area contributed by atoms with Crippen molar-refractivity contribution in [2.45, 2.75) is 26.7 Å². The van der Waals surface area contributed by atoms with Gasteiger partial charge in [0.15, 0.2) is 5.78 Å². The van der Waals surface area contributed by atoms with Gasteiger partial charge in [-0.3, -0.25) is 9.59 Å². The maximum Gasteiger partial charge on any atom is 0.308 e. The van der Waals surface area contributed by atoms with Gasteiger partial charge in [0.2, 0.25) is 0 Å². The molecule has 0 fully saturated rings. The maximum absolute atomic E-state index is 11.3.